The van der Waals surface area contributed by atoms with Crippen molar-refractivity contribution in [3.05, 3.63) is 55.2 Å². The van der Waals surface area contributed by atoms with Gasteiger partial charge in [0.25, 0.3) is 0 Å². The molecular weight excluding hydrogens is 314 g/mol. The van der Waals surface area contributed by atoms with Crippen LogP contribution in [0.3, 0.4) is 0 Å². The van der Waals surface area contributed by atoms with Gasteiger partial charge in [-0.25, -0.2) is 19.5 Å². The van der Waals surface area contributed by atoms with Crippen LogP contribution in [0.2, 0.25) is 0 Å². The highest BCUT2D eigenvalue weighted by molar-refractivity contribution is 5.81. The minimum Gasteiger partial charge on any atom is -0.368 e. The van der Waals surface area contributed by atoms with Gasteiger partial charge in [-0.15, -0.1) is 5.10 Å². The van der Waals surface area contributed by atoms with Gasteiger partial charge in [-0.2, -0.15) is 0 Å². The van der Waals surface area contributed by atoms with Crippen LogP contribution in [-0.4, -0.2) is 50.7 Å². The van der Waals surface area contributed by atoms with Crippen molar-refractivity contribution in [2.24, 2.45) is 0 Å². The number of imidazole rings is 1. The van der Waals surface area contributed by atoms with E-state index in [4.69, 9.17) is 0 Å². The maximum atomic E-state index is 4.64. The van der Waals surface area contributed by atoms with Crippen molar-refractivity contribution in [3.63, 3.8) is 0 Å². The minimum atomic E-state index is 0.876. The third kappa shape index (κ3) is 2.53. The van der Waals surface area contributed by atoms with Gasteiger partial charge < -0.3 is 9.80 Å². The average molecular weight is 331 g/mol. The zero-order valence-corrected chi connectivity index (χ0v) is 13.7. The highest BCUT2D eigenvalue weighted by atomic mass is 15.4. The van der Waals surface area contributed by atoms with E-state index in [2.05, 4.69) is 48.0 Å². The lowest BCUT2D eigenvalue weighted by atomic mass is 10.2. The molecule has 1 aromatic carbocycles. The Morgan fingerprint density at radius 2 is 1.76 bits per heavy atom. The number of piperazine rings is 1. The molecule has 25 heavy (non-hydrogen) atoms. The predicted molar refractivity (Wildman–Crippen MR) is 97.0 cm³/mol. The van der Waals surface area contributed by atoms with Gasteiger partial charge in [0.15, 0.2) is 5.65 Å². The molecule has 1 aliphatic rings. The molecule has 4 aromatic rings. The molecule has 4 heterocycles. The Hall–Kier alpha value is -3.22. The molecule has 1 saturated heterocycles. The van der Waals surface area contributed by atoms with Gasteiger partial charge in [-0.1, -0.05) is 0 Å². The Bertz CT molecular complexity index is 1030. The van der Waals surface area contributed by atoms with Gasteiger partial charge in [0.1, 0.15) is 12.1 Å². The van der Waals surface area contributed by atoms with E-state index in [1.165, 1.54) is 5.69 Å². The number of aromatic nitrogens is 5. The first-order valence-electron chi connectivity index (χ1n) is 8.37. The molecule has 0 radical (unpaired) electrons. The van der Waals surface area contributed by atoms with E-state index in [9.17, 15) is 0 Å². The number of benzene rings is 1. The second-order valence-electron chi connectivity index (χ2n) is 6.16. The van der Waals surface area contributed by atoms with Crippen LogP contribution in [0.5, 0.6) is 0 Å². The first-order valence-corrected chi connectivity index (χ1v) is 8.37. The maximum Gasteiger partial charge on any atom is 0.153 e. The standard InChI is InChI=1S/C18H17N7/c1-2-16-14(12-19-13-21-16)11-15(1)23-7-9-24(10-8-23)18-4-3-17-20-5-6-25(17)22-18/h1-6,11-13H,7-10H2. The Morgan fingerprint density at radius 3 is 2.68 bits per heavy atom. The summed E-state index contributed by atoms with van der Waals surface area (Å²) in [4.78, 5) is 17.4. The normalized spacial score (nSPS) is 15.2. The van der Waals surface area contributed by atoms with Crippen LogP contribution < -0.4 is 9.80 Å². The molecule has 0 N–H and O–H groups in total. The van der Waals surface area contributed by atoms with Crippen LogP contribution in [0, 0.1) is 0 Å². The van der Waals surface area contributed by atoms with Crippen molar-refractivity contribution in [2.75, 3.05) is 36.0 Å². The number of hydrogen-bond donors (Lipinski definition) is 0. The number of rotatable bonds is 2. The van der Waals surface area contributed by atoms with Gasteiger partial charge in [0.05, 0.1) is 5.52 Å². The Labute approximate surface area is 144 Å². The fourth-order valence-corrected chi connectivity index (χ4v) is 3.34. The van der Waals surface area contributed by atoms with Crippen molar-refractivity contribution in [1.29, 1.82) is 0 Å². The first-order chi connectivity index (χ1) is 12.4. The zero-order valence-electron chi connectivity index (χ0n) is 13.7. The fraction of sp³-hybridized carbons (Fsp3) is 0.222. The molecule has 0 atom stereocenters. The SMILES string of the molecule is c1ncc2cc(N3CCN(c4ccc5nccn5n4)CC3)ccc2n1. The van der Waals surface area contributed by atoms with Gasteiger partial charge in [-0.05, 0) is 30.3 Å². The molecule has 7 heteroatoms. The second kappa shape index (κ2) is 5.70. The van der Waals surface area contributed by atoms with Crippen molar-refractivity contribution in [1.82, 2.24) is 24.6 Å². The topological polar surface area (TPSA) is 62.5 Å². The van der Waals surface area contributed by atoms with E-state index in [-0.39, 0.29) is 0 Å². The number of anilines is 2. The van der Waals surface area contributed by atoms with E-state index in [0.29, 0.717) is 0 Å². The van der Waals surface area contributed by atoms with E-state index >= 15 is 0 Å². The highest BCUT2D eigenvalue weighted by Gasteiger charge is 2.19. The lowest BCUT2D eigenvalue weighted by Gasteiger charge is -2.36. The fourth-order valence-electron chi connectivity index (χ4n) is 3.34. The van der Waals surface area contributed by atoms with Gasteiger partial charge in [-0.3, -0.25) is 0 Å². The monoisotopic (exact) mass is 331 g/mol. The number of hydrogen-bond acceptors (Lipinski definition) is 6. The molecule has 124 valence electrons. The molecular formula is C18H17N7. The van der Waals surface area contributed by atoms with Crippen LogP contribution >= 0.6 is 0 Å². The summed E-state index contributed by atoms with van der Waals surface area (Å²) in [6, 6.07) is 10.4. The van der Waals surface area contributed by atoms with Crippen LogP contribution in [0.1, 0.15) is 0 Å². The largest absolute Gasteiger partial charge is 0.368 e. The first kappa shape index (κ1) is 14.2. The van der Waals surface area contributed by atoms with Crippen molar-refractivity contribution in [3.8, 4) is 0 Å². The maximum absolute atomic E-state index is 4.64. The third-order valence-electron chi connectivity index (χ3n) is 4.70. The lowest BCUT2D eigenvalue weighted by molar-refractivity contribution is 0.642. The van der Waals surface area contributed by atoms with Crippen molar-refractivity contribution in [2.45, 2.75) is 0 Å². The van der Waals surface area contributed by atoms with Gasteiger partial charge in [0.2, 0.25) is 0 Å². The Kier molecular flexibility index (Phi) is 3.22. The molecule has 0 bridgehead atoms. The van der Waals surface area contributed by atoms with E-state index < -0.39 is 0 Å². The summed E-state index contributed by atoms with van der Waals surface area (Å²) in [6.45, 7) is 3.80. The quantitative estimate of drug-likeness (QED) is 0.560. The van der Waals surface area contributed by atoms with E-state index in [1.54, 1.807) is 12.5 Å². The molecule has 5 rings (SSSR count). The van der Waals surface area contributed by atoms with Crippen molar-refractivity contribution < 1.29 is 0 Å². The molecule has 0 saturated carbocycles. The Balaban J connectivity index is 1.34. The lowest BCUT2D eigenvalue weighted by Crippen LogP contribution is -2.47. The molecule has 7 nitrogen and oxygen atoms in total. The molecule has 0 spiro atoms. The summed E-state index contributed by atoms with van der Waals surface area (Å²) in [7, 11) is 0. The molecule has 0 aliphatic carbocycles. The van der Waals surface area contributed by atoms with Crippen molar-refractivity contribution >= 4 is 28.1 Å². The summed E-state index contributed by atoms with van der Waals surface area (Å²) < 4.78 is 1.82. The van der Waals surface area contributed by atoms with Gasteiger partial charge in [0, 0.05) is 55.8 Å². The number of fused-ring (bicyclic) bond motifs is 2. The minimum absolute atomic E-state index is 0.876. The molecule has 1 fully saturated rings. The Morgan fingerprint density at radius 1 is 0.880 bits per heavy atom. The molecule has 3 aromatic heterocycles. The van der Waals surface area contributed by atoms with Crippen LogP contribution in [0.4, 0.5) is 11.5 Å². The molecule has 0 amide bonds. The third-order valence-corrected chi connectivity index (χ3v) is 4.70. The second-order valence-corrected chi connectivity index (χ2v) is 6.16. The molecule has 1 aliphatic heterocycles. The summed E-state index contributed by atoms with van der Waals surface area (Å²) >= 11 is 0. The van der Waals surface area contributed by atoms with E-state index in [1.807, 2.05) is 29.0 Å². The van der Waals surface area contributed by atoms with Crippen LogP contribution in [-0.2, 0) is 0 Å². The van der Waals surface area contributed by atoms with E-state index in [0.717, 1.165) is 48.5 Å². The molecule has 0 unspecified atom stereocenters. The summed E-state index contributed by atoms with van der Waals surface area (Å²) in [5.41, 5.74) is 3.08. The predicted octanol–water partition coefficient (Wildman–Crippen LogP) is 2.00. The summed E-state index contributed by atoms with van der Waals surface area (Å²) in [5.74, 6) is 0.997. The highest BCUT2D eigenvalue weighted by Crippen LogP contribution is 2.23. The zero-order chi connectivity index (χ0) is 16.6. The summed E-state index contributed by atoms with van der Waals surface area (Å²) in [6.07, 6.45) is 7.11. The van der Waals surface area contributed by atoms with Gasteiger partial charge >= 0.3 is 0 Å². The summed E-state index contributed by atoms with van der Waals surface area (Å²) in [5, 5.41) is 5.72. The van der Waals surface area contributed by atoms with Crippen LogP contribution in [0.25, 0.3) is 16.6 Å². The number of nitrogens with zero attached hydrogens (tertiary/aromatic N) is 7. The average Bonchev–Trinajstić information content (AvgIpc) is 3.15. The van der Waals surface area contributed by atoms with Crippen LogP contribution in [0.15, 0.2) is 55.2 Å². The smallest absolute Gasteiger partial charge is 0.153 e.